The predicted molar refractivity (Wildman–Crippen MR) is 77.0 cm³/mol. The second-order valence-corrected chi connectivity index (χ2v) is 5.81. The van der Waals surface area contributed by atoms with Gasteiger partial charge in [0.1, 0.15) is 6.33 Å². The second-order valence-electron chi connectivity index (χ2n) is 5.81. The summed E-state index contributed by atoms with van der Waals surface area (Å²) in [4.78, 5) is 12.7. The molecule has 2 unspecified atom stereocenters. The average Bonchev–Trinajstić information content (AvgIpc) is 2.86. The first-order valence-electron chi connectivity index (χ1n) is 7.44. The highest BCUT2D eigenvalue weighted by atomic mass is 16.2. The van der Waals surface area contributed by atoms with Gasteiger partial charge in [-0.3, -0.25) is 4.79 Å². The molecular formula is C14H25N5O. The molecule has 1 aromatic rings. The Hall–Kier alpha value is -1.43. The molecule has 6 heteroatoms. The lowest BCUT2D eigenvalue weighted by atomic mass is 9.76. The van der Waals surface area contributed by atoms with Crippen LogP contribution in [0.15, 0.2) is 6.33 Å². The Morgan fingerprint density at radius 1 is 1.65 bits per heavy atom. The monoisotopic (exact) mass is 279 g/mol. The van der Waals surface area contributed by atoms with Crippen LogP contribution in [0.3, 0.4) is 0 Å². The van der Waals surface area contributed by atoms with Gasteiger partial charge in [-0.2, -0.15) is 0 Å². The maximum atomic E-state index is 12.7. The number of carbonyl (C=O) groups excluding carboxylic acids is 1. The topological polar surface area (TPSA) is 71.8 Å². The van der Waals surface area contributed by atoms with Gasteiger partial charge in [-0.25, -0.2) is 0 Å². The summed E-state index contributed by atoms with van der Waals surface area (Å²) in [6.07, 6.45) is 5.63. The third-order valence-electron chi connectivity index (χ3n) is 4.16. The molecule has 1 amide bonds. The van der Waals surface area contributed by atoms with Gasteiger partial charge in [0, 0.05) is 13.6 Å². The summed E-state index contributed by atoms with van der Waals surface area (Å²) in [7, 11) is 1.89. The van der Waals surface area contributed by atoms with Crippen LogP contribution in [0.25, 0.3) is 0 Å². The van der Waals surface area contributed by atoms with Crippen LogP contribution in [0.2, 0.25) is 0 Å². The summed E-state index contributed by atoms with van der Waals surface area (Å²) in [6, 6.07) is -0.120. The first-order valence-corrected chi connectivity index (χ1v) is 7.44. The highest BCUT2D eigenvalue weighted by Gasteiger charge is 2.39. The molecular weight excluding hydrogens is 254 g/mol. The molecule has 20 heavy (non-hydrogen) atoms. The van der Waals surface area contributed by atoms with Gasteiger partial charge in [0.05, 0.1) is 11.5 Å². The van der Waals surface area contributed by atoms with Gasteiger partial charge in [0.2, 0.25) is 5.91 Å². The number of carbonyl (C=O) groups is 1. The zero-order chi connectivity index (χ0) is 14.6. The summed E-state index contributed by atoms with van der Waals surface area (Å²) >= 11 is 0. The Balaban J connectivity index is 2.07. The number of rotatable bonds is 5. The molecule has 1 fully saturated rings. The van der Waals surface area contributed by atoms with E-state index in [1.165, 1.54) is 0 Å². The summed E-state index contributed by atoms with van der Waals surface area (Å²) in [5.74, 6) is 0.927. The van der Waals surface area contributed by atoms with Gasteiger partial charge in [0.15, 0.2) is 5.82 Å². The van der Waals surface area contributed by atoms with Gasteiger partial charge < -0.3 is 15.2 Å². The minimum Gasteiger partial charge on any atom is -0.346 e. The summed E-state index contributed by atoms with van der Waals surface area (Å²) < 4.78 is 1.84. The summed E-state index contributed by atoms with van der Waals surface area (Å²) in [5, 5.41) is 14.4. The normalized spacial score (nSPS) is 24.4. The molecule has 2 atom stereocenters. The number of hydrogen-bond acceptors (Lipinski definition) is 4. The van der Waals surface area contributed by atoms with Crippen molar-refractivity contribution in [2.45, 2.75) is 45.6 Å². The first kappa shape index (κ1) is 15.0. The highest BCUT2D eigenvalue weighted by Crippen LogP contribution is 2.32. The molecule has 2 heterocycles. The molecule has 1 aromatic heterocycles. The van der Waals surface area contributed by atoms with Crippen molar-refractivity contribution < 1.29 is 4.79 Å². The van der Waals surface area contributed by atoms with E-state index in [9.17, 15) is 4.79 Å². The van der Waals surface area contributed by atoms with Gasteiger partial charge in [-0.05, 0) is 32.7 Å². The van der Waals surface area contributed by atoms with Crippen molar-refractivity contribution in [3.8, 4) is 0 Å². The van der Waals surface area contributed by atoms with E-state index in [4.69, 9.17) is 0 Å². The maximum Gasteiger partial charge on any atom is 0.228 e. The van der Waals surface area contributed by atoms with Crippen LogP contribution >= 0.6 is 0 Å². The number of aryl methyl sites for hydroxylation is 1. The molecule has 0 radical (unpaired) electrons. The van der Waals surface area contributed by atoms with E-state index in [0.29, 0.717) is 0 Å². The molecule has 1 aliphatic heterocycles. The Morgan fingerprint density at radius 3 is 3.00 bits per heavy atom. The van der Waals surface area contributed by atoms with Crippen LogP contribution in [0.5, 0.6) is 0 Å². The lowest BCUT2D eigenvalue weighted by Gasteiger charge is -2.37. The van der Waals surface area contributed by atoms with Gasteiger partial charge in [-0.15, -0.1) is 10.2 Å². The molecule has 1 aliphatic rings. The number of nitrogens with one attached hydrogen (secondary N) is 2. The number of hydrogen-bond donors (Lipinski definition) is 2. The van der Waals surface area contributed by atoms with E-state index in [0.717, 1.165) is 44.6 Å². The fourth-order valence-electron chi connectivity index (χ4n) is 3.07. The maximum absolute atomic E-state index is 12.7. The summed E-state index contributed by atoms with van der Waals surface area (Å²) in [6.45, 7) is 5.88. The van der Waals surface area contributed by atoms with Gasteiger partial charge in [-0.1, -0.05) is 13.3 Å². The zero-order valence-electron chi connectivity index (χ0n) is 12.6. The smallest absolute Gasteiger partial charge is 0.228 e. The Morgan fingerprint density at radius 2 is 2.45 bits per heavy atom. The van der Waals surface area contributed by atoms with Crippen molar-refractivity contribution in [3.63, 3.8) is 0 Å². The quantitative estimate of drug-likeness (QED) is 0.848. The number of amides is 1. The number of piperidine rings is 1. The molecule has 0 bridgehead atoms. The van der Waals surface area contributed by atoms with Crippen molar-refractivity contribution in [1.29, 1.82) is 0 Å². The van der Waals surface area contributed by atoms with Crippen LogP contribution < -0.4 is 10.6 Å². The van der Waals surface area contributed by atoms with E-state index in [-0.39, 0.29) is 17.4 Å². The van der Waals surface area contributed by atoms with E-state index in [1.54, 1.807) is 6.33 Å². The fourth-order valence-corrected chi connectivity index (χ4v) is 3.07. The first-order chi connectivity index (χ1) is 9.59. The van der Waals surface area contributed by atoms with Crippen molar-refractivity contribution in [2.24, 2.45) is 12.5 Å². The van der Waals surface area contributed by atoms with Crippen molar-refractivity contribution >= 4 is 5.91 Å². The highest BCUT2D eigenvalue weighted by molar-refractivity contribution is 5.83. The average molecular weight is 279 g/mol. The van der Waals surface area contributed by atoms with E-state index in [1.807, 2.05) is 18.5 Å². The van der Waals surface area contributed by atoms with E-state index < -0.39 is 0 Å². The predicted octanol–water partition coefficient (Wildman–Crippen LogP) is 1.16. The van der Waals surface area contributed by atoms with Gasteiger partial charge >= 0.3 is 0 Å². The minimum atomic E-state index is -0.264. The molecule has 0 spiro atoms. The van der Waals surface area contributed by atoms with Crippen molar-refractivity contribution in [2.75, 3.05) is 13.1 Å². The molecule has 2 N–H and O–H groups in total. The molecule has 0 aliphatic carbocycles. The SMILES string of the molecule is CCCC1(C(=O)NC(C)c2nncn2C)CCCNC1. The fraction of sp³-hybridized carbons (Fsp3) is 0.786. The third-order valence-corrected chi connectivity index (χ3v) is 4.16. The minimum absolute atomic E-state index is 0.120. The number of aromatic nitrogens is 3. The van der Waals surface area contributed by atoms with Gasteiger partial charge in [0.25, 0.3) is 0 Å². The van der Waals surface area contributed by atoms with Crippen molar-refractivity contribution in [3.05, 3.63) is 12.2 Å². The van der Waals surface area contributed by atoms with Crippen molar-refractivity contribution in [1.82, 2.24) is 25.4 Å². The Kier molecular flexibility index (Phi) is 4.75. The van der Waals surface area contributed by atoms with Crippen LogP contribution in [0.4, 0.5) is 0 Å². The zero-order valence-corrected chi connectivity index (χ0v) is 12.6. The van der Waals surface area contributed by atoms with Crippen LogP contribution in [-0.2, 0) is 11.8 Å². The Labute approximate surface area is 120 Å². The Bertz CT molecular complexity index is 445. The standard InChI is InChI=1S/C14H25N5O/c1-4-6-14(7-5-8-15-9-14)13(20)17-11(2)12-18-16-10-19(12)3/h10-11,15H,4-9H2,1-3H3,(H,17,20). The van der Waals surface area contributed by atoms with E-state index >= 15 is 0 Å². The van der Waals surface area contributed by atoms with Crippen LogP contribution in [-0.4, -0.2) is 33.8 Å². The summed E-state index contributed by atoms with van der Waals surface area (Å²) in [5.41, 5.74) is -0.264. The lowest BCUT2D eigenvalue weighted by Crippen LogP contribution is -2.51. The second kappa shape index (κ2) is 6.35. The molecule has 0 saturated carbocycles. The molecule has 112 valence electrons. The third kappa shape index (κ3) is 3.00. The lowest BCUT2D eigenvalue weighted by molar-refractivity contribution is -0.133. The molecule has 6 nitrogen and oxygen atoms in total. The van der Waals surface area contributed by atoms with Crippen LogP contribution in [0.1, 0.15) is 51.4 Å². The molecule has 2 rings (SSSR count). The largest absolute Gasteiger partial charge is 0.346 e. The molecule has 0 aromatic carbocycles. The van der Waals surface area contributed by atoms with Crippen LogP contribution in [0, 0.1) is 5.41 Å². The molecule has 1 saturated heterocycles. The number of nitrogens with zero attached hydrogens (tertiary/aromatic N) is 3. The van der Waals surface area contributed by atoms with E-state index in [2.05, 4.69) is 27.8 Å².